The van der Waals surface area contributed by atoms with E-state index in [1.54, 1.807) is 0 Å². The van der Waals surface area contributed by atoms with Gasteiger partial charge >= 0.3 is 0 Å². The van der Waals surface area contributed by atoms with Crippen LogP contribution in [0.5, 0.6) is 5.75 Å². The third kappa shape index (κ3) is 4.98. The third-order valence-corrected chi connectivity index (χ3v) is 4.70. The van der Waals surface area contributed by atoms with Crippen LogP contribution in [0.4, 0.5) is 0 Å². The predicted octanol–water partition coefficient (Wildman–Crippen LogP) is 4.90. The average Bonchev–Trinajstić information content (AvgIpc) is 2.68. The largest absolute Gasteiger partial charge is 0.484 e. The molecule has 0 heterocycles. The molecule has 0 aliphatic heterocycles. The Hall–Kier alpha value is -3.07. The second-order valence-corrected chi connectivity index (χ2v) is 6.86. The fraction of sp³-hybridized carbons (Fsp3) is 0.208. The van der Waals surface area contributed by atoms with Crippen molar-refractivity contribution in [2.75, 3.05) is 6.61 Å². The minimum absolute atomic E-state index is 0.0162. The van der Waals surface area contributed by atoms with Crippen LogP contribution in [0.25, 0.3) is 0 Å². The molecule has 3 heteroatoms. The summed E-state index contributed by atoms with van der Waals surface area (Å²) in [6.45, 7) is 6.12. The van der Waals surface area contributed by atoms with Gasteiger partial charge in [0.25, 0.3) is 5.91 Å². The fourth-order valence-corrected chi connectivity index (χ4v) is 2.92. The van der Waals surface area contributed by atoms with E-state index in [1.165, 1.54) is 11.1 Å². The van der Waals surface area contributed by atoms with Gasteiger partial charge in [0.2, 0.25) is 0 Å². The van der Waals surface area contributed by atoms with Gasteiger partial charge in [0, 0.05) is 0 Å². The number of amides is 1. The number of benzene rings is 3. The van der Waals surface area contributed by atoms with Crippen LogP contribution in [-0.4, -0.2) is 12.5 Å². The van der Waals surface area contributed by atoms with Crippen LogP contribution in [0, 0.1) is 20.8 Å². The SMILES string of the molecule is Cc1ccc(C(NC(=O)COc2ccc(C)c(C)c2)c2ccccc2)cc1. The molecular formula is C24H25NO2. The number of carbonyl (C=O) groups is 1. The van der Waals surface area contributed by atoms with E-state index in [0.717, 1.165) is 16.7 Å². The molecule has 27 heavy (non-hydrogen) atoms. The van der Waals surface area contributed by atoms with Gasteiger partial charge in [-0.1, -0.05) is 66.2 Å². The van der Waals surface area contributed by atoms with E-state index in [2.05, 4.69) is 43.4 Å². The molecule has 1 atom stereocenters. The quantitative estimate of drug-likeness (QED) is 0.680. The van der Waals surface area contributed by atoms with E-state index in [1.807, 2.05) is 55.5 Å². The lowest BCUT2D eigenvalue weighted by molar-refractivity contribution is -0.123. The normalized spacial score (nSPS) is 11.7. The Morgan fingerprint density at radius 1 is 0.852 bits per heavy atom. The maximum atomic E-state index is 12.6. The lowest BCUT2D eigenvalue weighted by Gasteiger charge is -2.20. The van der Waals surface area contributed by atoms with Gasteiger partial charge in [0.15, 0.2) is 6.61 Å². The Balaban J connectivity index is 1.72. The molecule has 0 spiro atoms. The Morgan fingerprint density at radius 2 is 1.52 bits per heavy atom. The molecule has 0 saturated carbocycles. The monoisotopic (exact) mass is 359 g/mol. The first-order valence-corrected chi connectivity index (χ1v) is 9.14. The van der Waals surface area contributed by atoms with E-state index >= 15 is 0 Å². The average molecular weight is 359 g/mol. The fourth-order valence-electron chi connectivity index (χ4n) is 2.92. The maximum absolute atomic E-state index is 12.6. The lowest BCUT2D eigenvalue weighted by Crippen LogP contribution is -2.33. The summed E-state index contributed by atoms with van der Waals surface area (Å²) in [7, 11) is 0. The van der Waals surface area contributed by atoms with Crippen molar-refractivity contribution in [3.63, 3.8) is 0 Å². The summed E-state index contributed by atoms with van der Waals surface area (Å²) in [5, 5.41) is 3.10. The van der Waals surface area contributed by atoms with Gasteiger partial charge in [-0.2, -0.15) is 0 Å². The Kier molecular flexibility index (Phi) is 5.92. The van der Waals surface area contributed by atoms with Gasteiger partial charge in [-0.15, -0.1) is 0 Å². The summed E-state index contributed by atoms with van der Waals surface area (Å²) in [5.74, 6) is 0.558. The van der Waals surface area contributed by atoms with Gasteiger partial charge in [0.05, 0.1) is 6.04 Å². The summed E-state index contributed by atoms with van der Waals surface area (Å²) >= 11 is 0. The Bertz CT molecular complexity index is 901. The lowest BCUT2D eigenvalue weighted by atomic mass is 9.98. The molecule has 3 rings (SSSR count). The predicted molar refractivity (Wildman–Crippen MR) is 109 cm³/mol. The smallest absolute Gasteiger partial charge is 0.258 e. The van der Waals surface area contributed by atoms with E-state index in [4.69, 9.17) is 4.74 Å². The van der Waals surface area contributed by atoms with Crippen LogP contribution in [0.2, 0.25) is 0 Å². The van der Waals surface area contributed by atoms with Crippen molar-refractivity contribution in [1.29, 1.82) is 0 Å². The molecule has 0 bridgehead atoms. The van der Waals surface area contributed by atoms with Gasteiger partial charge < -0.3 is 10.1 Å². The first-order valence-electron chi connectivity index (χ1n) is 9.14. The summed E-state index contributed by atoms with van der Waals surface area (Å²) in [6.07, 6.45) is 0. The molecule has 0 saturated heterocycles. The minimum atomic E-state index is -0.206. The first kappa shape index (κ1) is 18.7. The highest BCUT2D eigenvalue weighted by atomic mass is 16.5. The standard InChI is InChI=1S/C24H25NO2/c1-17-9-12-21(13-10-17)24(20-7-5-4-6-8-20)25-23(26)16-27-22-14-11-18(2)19(3)15-22/h4-15,24H,16H2,1-3H3,(H,25,26). The Labute approximate surface area is 161 Å². The summed E-state index contributed by atoms with van der Waals surface area (Å²) in [4.78, 5) is 12.6. The second kappa shape index (κ2) is 8.54. The van der Waals surface area contributed by atoms with Crippen LogP contribution in [0.3, 0.4) is 0 Å². The van der Waals surface area contributed by atoms with E-state index in [9.17, 15) is 4.79 Å². The van der Waals surface area contributed by atoms with Crippen molar-refractivity contribution in [2.24, 2.45) is 0 Å². The van der Waals surface area contributed by atoms with E-state index in [-0.39, 0.29) is 18.6 Å². The van der Waals surface area contributed by atoms with Crippen LogP contribution < -0.4 is 10.1 Å². The van der Waals surface area contributed by atoms with Crippen LogP contribution >= 0.6 is 0 Å². The van der Waals surface area contributed by atoms with E-state index in [0.29, 0.717) is 5.75 Å². The zero-order chi connectivity index (χ0) is 19.2. The van der Waals surface area contributed by atoms with Crippen molar-refractivity contribution >= 4 is 5.91 Å². The highest BCUT2D eigenvalue weighted by molar-refractivity contribution is 5.78. The zero-order valence-electron chi connectivity index (χ0n) is 16.0. The van der Waals surface area contributed by atoms with Gasteiger partial charge in [0.1, 0.15) is 5.75 Å². The highest BCUT2D eigenvalue weighted by Crippen LogP contribution is 2.22. The number of ether oxygens (including phenoxy) is 1. The summed E-state index contributed by atoms with van der Waals surface area (Å²) in [6, 6.07) is 23.8. The molecule has 3 aromatic rings. The number of nitrogens with one attached hydrogen (secondary N) is 1. The van der Waals surface area contributed by atoms with Crippen molar-refractivity contribution in [3.05, 3.63) is 101 Å². The van der Waals surface area contributed by atoms with Crippen molar-refractivity contribution < 1.29 is 9.53 Å². The molecule has 0 radical (unpaired) electrons. The molecule has 0 fully saturated rings. The topological polar surface area (TPSA) is 38.3 Å². The zero-order valence-corrected chi connectivity index (χ0v) is 16.0. The van der Waals surface area contributed by atoms with E-state index < -0.39 is 0 Å². The maximum Gasteiger partial charge on any atom is 0.258 e. The molecule has 3 nitrogen and oxygen atoms in total. The molecule has 1 N–H and O–H groups in total. The van der Waals surface area contributed by atoms with Gasteiger partial charge in [-0.25, -0.2) is 0 Å². The minimum Gasteiger partial charge on any atom is -0.484 e. The number of aryl methyl sites for hydroxylation is 3. The number of rotatable bonds is 6. The van der Waals surface area contributed by atoms with Crippen LogP contribution in [0.15, 0.2) is 72.8 Å². The van der Waals surface area contributed by atoms with Gasteiger partial charge in [-0.3, -0.25) is 4.79 Å². The molecule has 1 amide bonds. The molecule has 0 aliphatic rings. The Morgan fingerprint density at radius 3 is 2.19 bits per heavy atom. The van der Waals surface area contributed by atoms with Crippen molar-refractivity contribution in [2.45, 2.75) is 26.8 Å². The molecule has 3 aromatic carbocycles. The first-order chi connectivity index (χ1) is 13.0. The molecule has 0 aromatic heterocycles. The number of carbonyl (C=O) groups excluding carboxylic acids is 1. The molecule has 1 unspecified atom stereocenters. The second-order valence-electron chi connectivity index (χ2n) is 6.86. The van der Waals surface area contributed by atoms with Crippen LogP contribution in [-0.2, 0) is 4.79 Å². The molecular weight excluding hydrogens is 334 g/mol. The highest BCUT2D eigenvalue weighted by Gasteiger charge is 2.17. The third-order valence-electron chi connectivity index (χ3n) is 4.70. The van der Waals surface area contributed by atoms with Crippen molar-refractivity contribution in [1.82, 2.24) is 5.32 Å². The summed E-state index contributed by atoms with van der Waals surface area (Å²) in [5.41, 5.74) is 5.63. The molecule has 0 aliphatic carbocycles. The number of hydrogen-bond acceptors (Lipinski definition) is 2. The van der Waals surface area contributed by atoms with Gasteiger partial charge in [-0.05, 0) is 55.2 Å². The van der Waals surface area contributed by atoms with Crippen molar-refractivity contribution in [3.8, 4) is 5.75 Å². The molecule has 138 valence electrons. The number of hydrogen-bond donors (Lipinski definition) is 1. The van der Waals surface area contributed by atoms with Crippen LogP contribution in [0.1, 0.15) is 33.9 Å². The summed E-state index contributed by atoms with van der Waals surface area (Å²) < 4.78 is 5.68.